The van der Waals surface area contributed by atoms with Crippen molar-refractivity contribution in [2.75, 3.05) is 20.2 Å². The normalized spacial score (nSPS) is 25.5. The Bertz CT molecular complexity index is 1230. The SMILES string of the molecule is COc1ccccc1[C@H]1CN2C(=O)CN(C3CC3)C(=O)[C@@]2(C)c2[nH]c3ccccc3c21. The van der Waals surface area contributed by atoms with Gasteiger partial charge in [-0.25, -0.2) is 0 Å². The summed E-state index contributed by atoms with van der Waals surface area (Å²) in [5, 5.41) is 1.10. The number of H-pyrrole nitrogens is 1. The van der Waals surface area contributed by atoms with E-state index in [0.717, 1.165) is 46.3 Å². The highest BCUT2D eigenvalue weighted by Crippen LogP contribution is 2.50. The molecule has 1 N–H and O–H groups in total. The fraction of sp³-hybridized carbons (Fsp3) is 0.360. The second-order valence-corrected chi connectivity index (χ2v) is 8.99. The minimum Gasteiger partial charge on any atom is -0.496 e. The van der Waals surface area contributed by atoms with Gasteiger partial charge in [-0.05, 0) is 37.5 Å². The van der Waals surface area contributed by atoms with Gasteiger partial charge in [0, 0.05) is 35.0 Å². The summed E-state index contributed by atoms with van der Waals surface area (Å²) in [5.41, 5.74) is 2.92. The van der Waals surface area contributed by atoms with Crippen molar-refractivity contribution in [2.45, 2.75) is 37.3 Å². The molecule has 6 heteroatoms. The van der Waals surface area contributed by atoms with E-state index in [9.17, 15) is 9.59 Å². The maximum atomic E-state index is 13.8. The van der Waals surface area contributed by atoms with E-state index in [1.165, 1.54) is 0 Å². The molecule has 2 atom stereocenters. The molecule has 3 aromatic rings. The zero-order valence-corrected chi connectivity index (χ0v) is 17.7. The van der Waals surface area contributed by atoms with Crippen molar-refractivity contribution >= 4 is 22.7 Å². The van der Waals surface area contributed by atoms with Crippen LogP contribution < -0.4 is 4.74 Å². The summed E-state index contributed by atoms with van der Waals surface area (Å²) in [4.78, 5) is 34.3. The van der Waals surface area contributed by atoms with E-state index in [1.807, 2.05) is 43.3 Å². The van der Waals surface area contributed by atoms with E-state index in [1.54, 1.807) is 16.9 Å². The van der Waals surface area contributed by atoms with Crippen molar-refractivity contribution in [1.82, 2.24) is 14.8 Å². The number of hydrogen-bond donors (Lipinski definition) is 1. The Labute approximate surface area is 180 Å². The van der Waals surface area contributed by atoms with E-state index < -0.39 is 5.54 Å². The molecule has 1 saturated carbocycles. The Morgan fingerprint density at radius 2 is 1.81 bits per heavy atom. The predicted molar refractivity (Wildman–Crippen MR) is 117 cm³/mol. The lowest BCUT2D eigenvalue weighted by atomic mass is 9.76. The lowest BCUT2D eigenvalue weighted by Crippen LogP contribution is -2.67. The van der Waals surface area contributed by atoms with Gasteiger partial charge < -0.3 is 19.5 Å². The van der Waals surface area contributed by atoms with Gasteiger partial charge in [-0.2, -0.15) is 0 Å². The average molecular weight is 415 g/mol. The number of nitrogens with zero attached hydrogens (tertiary/aromatic N) is 2. The fourth-order valence-electron chi connectivity index (χ4n) is 5.55. The Morgan fingerprint density at radius 1 is 1.06 bits per heavy atom. The second kappa shape index (κ2) is 6.36. The Morgan fingerprint density at radius 3 is 2.58 bits per heavy atom. The lowest BCUT2D eigenvalue weighted by molar-refractivity contribution is -0.166. The predicted octanol–water partition coefficient (Wildman–Crippen LogP) is 3.37. The van der Waals surface area contributed by atoms with Gasteiger partial charge in [-0.3, -0.25) is 9.59 Å². The van der Waals surface area contributed by atoms with Gasteiger partial charge >= 0.3 is 0 Å². The standard InChI is InChI=1S/C25H25N3O3/c1-25-23-22(17-8-3-5-9-19(17)26-23)18(16-7-4-6-10-20(16)31-2)13-28(25)21(29)14-27(24(25)30)15-11-12-15/h3-10,15,18,26H,11-14H2,1-2H3/t18-,25-/m1/s1. The Balaban J connectivity index is 1.62. The first-order chi connectivity index (χ1) is 15.0. The number of para-hydroxylation sites is 2. The number of hydrogen-bond acceptors (Lipinski definition) is 3. The van der Waals surface area contributed by atoms with Gasteiger partial charge in [0.15, 0.2) is 5.54 Å². The number of nitrogens with one attached hydrogen (secondary N) is 1. The molecule has 2 fully saturated rings. The van der Waals surface area contributed by atoms with Gasteiger partial charge in [0.2, 0.25) is 5.91 Å². The number of carbonyl (C=O) groups is 2. The number of rotatable bonds is 3. The van der Waals surface area contributed by atoms with Crippen LogP contribution in [0.15, 0.2) is 48.5 Å². The summed E-state index contributed by atoms with van der Waals surface area (Å²) in [6.07, 6.45) is 1.97. The summed E-state index contributed by atoms with van der Waals surface area (Å²) in [6, 6.07) is 16.3. The van der Waals surface area contributed by atoms with E-state index >= 15 is 0 Å². The third-order valence-electron chi connectivity index (χ3n) is 7.27. The van der Waals surface area contributed by atoms with Crippen LogP contribution in [0.1, 0.15) is 42.5 Å². The molecule has 0 radical (unpaired) electrons. The van der Waals surface area contributed by atoms with Crippen LogP contribution in [0, 0.1) is 0 Å². The van der Waals surface area contributed by atoms with E-state index in [4.69, 9.17) is 4.74 Å². The molecule has 3 aliphatic rings. The first-order valence-electron chi connectivity index (χ1n) is 10.9. The van der Waals surface area contributed by atoms with Gasteiger partial charge in [0.05, 0.1) is 12.8 Å². The molecule has 0 bridgehead atoms. The van der Waals surface area contributed by atoms with Crippen LogP contribution in [0.3, 0.4) is 0 Å². The minimum absolute atomic E-state index is 0.0122. The van der Waals surface area contributed by atoms with Crippen molar-refractivity contribution < 1.29 is 14.3 Å². The molecule has 2 amide bonds. The molecule has 6 nitrogen and oxygen atoms in total. The molecule has 0 spiro atoms. The van der Waals surface area contributed by atoms with Crippen LogP contribution in [0.25, 0.3) is 10.9 Å². The van der Waals surface area contributed by atoms with Crippen LogP contribution in [-0.4, -0.2) is 52.8 Å². The summed E-state index contributed by atoms with van der Waals surface area (Å²) in [6.45, 7) is 2.54. The molecule has 2 aliphatic heterocycles. The van der Waals surface area contributed by atoms with Crippen LogP contribution in [0.2, 0.25) is 0 Å². The van der Waals surface area contributed by atoms with Crippen molar-refractivity contribution in [2.24, 2.45) is 0 Å². The topological polar surface area (TPSA) is 65.6 Å². The van der Waals surface area contributed by atoms with Crippen molar-refractivity contribution in [3.63, 3.8) is 0 Å². The molecule has 31 heavy (non-hydrogen) atoms. The van der Waals surface area contributed by atoms with Crippen LogP contribution >= 0.6 is 0 Å². The molecule has 0 unspecified atom stereocenters. The number of amides is 2. The quantitative estimate of drug-likeness (QED) is 0.713. The van der Waals surface area contributed by atoms with E-state index in [-0.39, 0.29) is 30.3 Å². The highest BCUT2D eigenvalue weighted by molar-refractivity contribution is 6.01. The monoisotopic (exact) mass is 415 g/mol. The first kappa shape index (κ1) is 18.5. The van der Waals surface area contributed by atoms with Crippen LogP contribution in [0.4, 0.5) is 0 Å². The highest BCUT2D eigenvalue weighted by Gasteiger charge is 2.58. The average Bonchev–Trinajstić information content (AvgIpc) is 3.56. The first-order valence-corrected chi connectivity index (χ1v) is 10.9. The number of carbonyl (C=O) groups excluding carboxylic acids is 2. The zero-order valence-electron chi connectivity index (χ0n) is 17.7. The molecular formula is C25H25N3O3. The molecule has 1 aromatic heterocycles. The Hall–Kier alpha value is -3.28. The van der Waals surface area contributed by atoms with Gasteiger partial charge in [0.1, 0.15) is 12.3 Å². The maximum Gasteiger partial charge on any atom is 0.255 e. The molecule has 6 rings (SSSR count). The molecule has 3 heterocycles. The van der Waals surface area contributed by atoms with Crippen LogP contribution in [0.5, 0.6) is 5.75 Å². The van der Waals surface area contributed by atoms with E-state index in [0.29, 0.717) is 6.54 Å². The number of aromatic amines is 1. The number of piperazine rings is 1. The molecule has 1 saturated heterocycles. The molecule has 158 valence electrons. The summed E-state index contributed by atoms with van der Waals surface area (Å²) in [5.74, 6) is 0.751. The second-order valence-electron chi connectivity index (χ2n) is 8.99. The van der Waals surface area contributed by atoms with Gasteiger partial charge in [-0.15, -0.1) is 0 Å². The van der Waals surface area contributed by atoms with Crippen molar-refractivity contribution in [1.29, 1.82) is 0 Å². The number of aromatic nitrogens is 1. The van der Waals surface area contributed by atoms with Crippen LogP contribution in [-0.2, 0) is 15.1 Å². The number of fused-ring (bicyclic) bond motifs is 5. The third kappa shape index (κ3) is 2.44. The minimum atomic E-state index is -1.02. The number of methoxy groups -OCH3 is 1. The smallest absolute Gasteiger partial charge is 0.255 e. The van der Waals surface area contributed by atoms with Crippen molar-refractivity contribution in [3.8, 4) is 5.75 Å². The molecule has 2 aromatic carbocycles. The zero-order chi connectivity index (χ0) is 21.3. The summed E-state index contributed by atoms with van der Waals surface area (Å²) < 4.78 is 5.68. The maximum absolute atomic E-state index is 13.8. The molecule has 1 aliphatic carbocycles. The summed E-state index contributed by atoms with van der Waals surface area (Å²) in [7, 11) is 1.67. The highest BCUT2D eigenvalue weighted by atomic mass is 16.5. The number of ether oxygens (including phenoxy) is 1. The van der Waals surface area contributed by atoms with Crippen molar-refractivity contribution in [3.05, 3.63) is 65.4 Å². The van der Waals surface area contributed by atoms with Gasteiger partial charge in [-0.1, -0.05) is 36.4 Å². The Kier molecular flexibility index (Phi) is 3.79. The summed E-state index contributed by atoms with van der Waals surface area (Å²) >= 11 is 0. The van der Waals surface area contributed by atoms with Gasteiger partial charge in [0.25, 0.3) is 5.91 Å². The largest absolute Gasteiger partial charge is 0.496 e. The fourth-order valence-corrected chi connectivity index (χ4v) is 5.55. The molecular weight excluding hydrogens is 390 g/mol. The van der Waals surface area contributed by atoms with E-state index in [2.05, 4.69) is 17.1 Å². The third-order valence-corrected chi connectivity index (χ3v) is 7.27. The number of benzene rings is 2. The lowest BCUT2D eigenvalue weighted by Gasteiger charge is -2.51.